The summed E-state index contributed by atoms with van der Waals surface area (Å²) in [5, 5.41) is 3.39. The fraction of sp³-hybridized carbons (Fsp3) is 0.231. The van der Waals surface area contributed by atoms with Gasteiger partial charge in [0.25, 0.3) is 0 Å². The molecule has 86 valence electrons. The Kier molecular flexibility index (Phi) is 2.21. The molecule has 3 rings (SSSR count). The van der Waals surface area contributed by atoms with E-state index in [-0.39, 0.29) is 5.92 Å². The number of rotatable bonds is 1. The number of aromatic nitrogens is 2. The summed E-state index contributed by atoms with van der Waals surface area (Å²) in [5.41, 5.74) is 10.1. The van der Waals surface area contributed by atoms with Crippen molar-refractivity contribution in [2.24, 2.45) is 0 Å². The molecule has 0 bridgehead atoms. The van der Waals surface area contributed by atoms with Gasteiger partial charge in [0.15, 0.2) is 0 Å². The largest absolute Gasteiger partial charge is 0.384 e. The Bertz CT molecular complexity index is 545. The Morgan fingerprint density at radius 2 is 2.12 bits per heavy atom. The van der Waals surface area contributed by atoms with Gasteiger partial charge in [-0.2, -0.15) is 0 Å². The topological polar surface area (TPSA) is 63.8 Å². The van der Waals surface area contributed by atoms with Gasteiger partial charge < -0.3 is 11.1 Å². The number of aryl methyl sites for hydroxylation is 1. The zero-order valence-electron chi connectivity index (χ0n) is 9.64. The molecule has 1 atom stereocenters. The first-order valence-electron chi connectivity index (χ1n) is 5.68. The molecule has 1 aliphatic heterocycles. The first-order valence-corrected chi connectivity index (χ1v) is 5.68. The molecule has 3 N–H and O–H groups in total. The molecular weight excluding hydrogens is 212 g/mol. The van der Waals surface area contributed by atoms with Gasteiger partial charge in [0.2, 0.25) is 5.95 Å². The molecule has 1 unspecified atom stereocenters. The van der Waals surface area contributed by atoms with E-state index in [1.165, 1.54) is 11.3 Å². The maximum atomic E-state index is 5.70. The second-order valence-corrected chi connectivity index (χ2v) is 4.31. The quantitative estimate of drug-likeness (QED) is 0.779. The second-order valence-electron chi connectivity index (χ2n) is 4.31. The Hall–Kier alpha value is -2.10. The Labute approximate surface area is 99.9 Å². The minimum absolute atomic E-state index is 0.273. The molecule has 0 spiro atoms. The highest BCUT2D eigenvalue weighted by Gasteiger charge is 2.24. The summed E-state index contributed by atoms with van der Waals surface area (Å²) < 4.78 is 0. The molecule has 0 fully saturated rings. The standard InChI is InChI=1S/C13H14N4/c1-8-6-12(17-13(14)16-8)10-7-15-11-5-3-2-4-9(10)11/h2-6,10,15H,7H2,1H3,(H2,14,16,17). The van der Waals surface area contributed by atoms with Crippen molar-refractivity contribution in [3.05, 3.63) is 47.3 Å². The maximum absolute atomic E-state index is 5.70. The van der Waals surface area contributed by atoms with E-state index in [0.29, 0.717) is 5.95 Å². The van der Waals surface area contributed by atoms with Gasteiger partial charge in [-0.25, -0.2) is 9.97 Å². The van der Waals surface area contributed by atoms with Crippen molar-refractivity contribution < 1.29 is 0 Å². The van der Waals surface area contributed by atoms with Crippen LogP contribution in [-0.2, 0) is 0 Å². The molecule has 0 saturated heterocycles. The summed E-state index contributed by atoms with van der Waals surface area (Å²) in [7, 11) is 0. The zero-order chi connectivity index (χ0) is 11.8. The summed E-state index contributed by atoms with van der Waals surface area (Å²) in [5.74, 6) is 0.625. The molecule has 4 nitrogen and oxygen atoms in total. The third-order valence-electron chi connectivity index (χ3n) is 3.08. The van der Waals surface area contributed by atoms with Crippen LogP contribution < -0.4 is 11.1 Å². The van der Waals surface area contributed by atoms with Gasteiger partial charge in [-0.3, -0.25) is 0 Å². The second kappa shape index (κ2) is 3.73. The Morgan fingerprint density at radius 3 is 2.94 bits per heavy atom. The van der Waals surface area contributed by atoms with Crippen LogP contribution in [0.1, 0.15) is 22.9 Å². The molecule has 4 heteroatoms. The van der Waals surface area contributed by atoms with Crippen molar-refractivity contribution in [3.63, 3.8) is 0 Å². The number of hydrogen-bond donors (Lipinski definition) is 2. The predicted molar refractivity (Wildman–Crippen MR) is 68.0 cm³/mol. The zero-order valence-corrected chi connectivity index (χ0v) is 9.64. The fourth-order valence-corrected chi connectivity index (χ4v) is 2.34. The lowest BCUT2D eigenvalue weighted by molar-refractivity contribution is 0.848. The molecule has 2 heterocycles. The van der Waals surface area contributed by atoms with Crippen LogP contribution in [0.2, 0.25) is 0 Å². The monoisotopic (exact) mass is 226 g/mol. The van der Waals surface area contributed by atoms with E-state index in [0.717, 1.165) is 17.9 Å². The first-order chi connectivity index (χ1) is 8.24. The normalized spacial score (nSPS) is 17.6. The number of anilines is 2. The highest BCUT2D eigenvalue weighted by molar-refractivity contribution is 5.60. The van der Waals surface area contributed by atoms with Gasteiger partial charge in [0.1, 0.15) is 0 Å². The minimum Gasteiger partial charge on any atom is -0.384 e. The summed E-state index contributed by atoms with van der Waals surface area (Å²) in [4.78, 5) is 8.45. The Morgan fingerprint density at radius 1 is 1.29 bits per heavy atom. The van der Waals surface area contributed by atoms with Crippen LogP contribution in [0.15, 0.2) is 30.3 Å². The van der Waals surface area contributed by atoms with Gasteiger partial charge in [-0.1, -0.05) is 18.2 Å². The molecular formula is C13H14N4. The van der Waals surface area contributed by atoms with Crippen LogP contribution in [0.4, 0.5) is 11.6 Å². The molecule has 0 aliphatic carbocycles. The molecule has 1 aromatic carbocycles. The van der Waals surface area contributed by atoms with Gasteiger partial charge in [0, 0.05) is 23.8 Å². The number of nitrogen functional groups attached to an aromatic ring is 1. The summed E-state index contributed by atoms with van der Waals surface area (Å²) in [6.45, 7) is 2.81. The number of nitrogens with one attached hydrogen (secondary N) is 1. The highest BCUT2D eigenvalue weighted by atomic mass is 15.0. The molecule has 17 heavy (non-hydrogen) atoms. The third-order valence-corrected chi connectivity index (χ3v) is 3.08. The van der Waals surface area contributed by atoms with Crippen LogP contribution in [0.5, 0.6) is 0 Å². The van der Waals surface area contributed by atoms with Crippen LogP contribution in [0.25, 0.3) is 0 Å². The summed E-state index contributed by atoms with van der Waals surface area (Å²) in [6.07, 6.45) is 0. The number of nitrogens with zero attached hydrogens (tertiary/aromatic N) is 2. The van der Waals surface area contributed by atoms with Gasteiger partial charge >= 0.3 is 0 Å². The van der Waals surface area contributed by atoms with E-state index >= 15 is 0 Å². The third kappa shape index (κ3) is 1.71. The van der Waals surface area contributed by atoms with Gasteiger partial charge in [-0.15, -0.1) is 0 Å². The van der Waals surface area contributed by atoms with Crippen LogP contribution >= 0.6 is 0 Å². The van der Waals surface area contributed by atoms with Crippen molar-refractivity contribution in [2.45, 2.75) is 12.8 Å². The van der Waals surface area contributed by atoms with Gasteiger partial charge in [0.05, 0.1) is 5.69 Å². The van der Waals surface area contributed by atoms with Crippen LogP contribution in [-0.4, -0.2) is 16.5 Å². The van der Waals surface area contributed by atoms with Crippen molar-refractivity contribution in [2.75, 3.05) is 17.6 Å². The lowest BCUT2D eigenvalue weighted by atomic mass is 9.97. The summed E-state index contributed by atoms with van der Waals surface area (Å²) in [6, 6.07) is 10.3. The number of fused-ring (bicyclic) bond motifs is 1. The van der Waals surface area contributed by atoms with Crippen LogP contribution in [0.3, 0.4) is 0 Å². The van der Waals surface area contributed by atoms with Crippen molar-refractivity contribution in [1.29, 1.82) is 0 Å². The molecule has 1 aliphatic rings. The van der Waals surface area contributed by atoms with Gasteiger partial charge in [-0.05, 0) is 24.6 Å². The van der Waals surface area contributed by atoms with E-state index in [2.05, 4.69) is 33.5 Å². The lowest BCUT2D eigenvalue weighted by Crippen LogP contribution is -2.09. The average Bonchev–Trinajstić information content (AvgIpc) is 2.71. The number of para-hydroxylation sites is 1. The van der Waals surface area contributed by atoms with E-state index < -0.39 is 0 Å². The average molecular weight is 226 g/mol. The highest BCUT2D eigenvalue weighted by Crippen LogP contribution is 2.35. The van der Waals surface area contributed by atoms with Crippen molar-refractivity contribution in [1.82, 2.24) is 9.97 Å². The lowest BCUT2D eigenvalue weighted by Gasteiger charge is -2.10. The van der Waals surface area contributed by atoms with Crippen molar-refractivity contribution in [3.8, 4) is 0 Å². The minimum atomic E-state index is 0.273. The fourth-order valence-electron chi connectivity index (χ4n) is 2.34. The number of benzene rings is 1. The smallest absolute Gasteiger partial charge is 0.220 e. The number of hydrogen-bond acceptors (Lipinski definition) is 4. The van der Waals surface area contributed by atoms with E-state index in [1.807, 2.05) is 19.1 Å². The summed E-state index contributed by atoms with van der Waals surface area (Å²) >= 11 is 0. The molecule has 2 aromatic rings. The van der Waals surface area contributed by atoms with E-state index in [4.69, 9.17) is 5.73 Å². The maximum Gasteiger partial charge on any atom is 0.220 e. The predicted octanol–water partition coefficient (Wildman–Crippen LogP) is 1.92. The first kappa shape index (κ1) is 10.1. The van der Waals surface area contributed by atoms with Crippen molar-refractivity contribution >= 4 is 11.6 Å². The van der Waals surface area contributed by atoms with E-state index in [9.17, 15) is 0 Å². The molecule has 0 amide bonds. The van der Waals surface area contributed by atoms with Crippen LogP contribution in [0, 0.1) is 6.92 Å². The molecule has 1 aromatic heterocycles. The SMILES string of the molecule is Cc1cc(C2CNc3ccccc32)nc(N)n1. The van der Waals surface area contributed by atoms with E-state index in [1.54, 1.807) is 0 Å². The number of nitrogens with two attached hydrogens (primary N) is 1. The molecule has 0 radical (unpaired) electrons. The Balaban J connectivity index is 2.06. The molecule has 0 saturated carbocycles.